The second-order valence-corrected chi connectivity index (χ2v) is 4.36. The molecule has 0 nitrogen and oxygen atoms in total. The molecule has 0 bridgehead atoms. The van der Waals surface area contributed by atoms with Crippen LogP contribution < -0.4 is 0 Å². The summed E-state index contributed by atoms with van der Waals surface area (Å²) in [7, 11) is 0. The second-order valence-electron chi connectivity index (χ2n) is 4.36. The van der Waals surface area contributed by atoms with Crippen molar-refractivity contribution >= 4 is 0 Å². The van der Waals surface area contributed by atoms with Crippen molar-refractivity contribution in [2.75, 3.05) is 0 Å². The van der Waals surface area contributed by atoms with Gasteiger partial charge in [0, 0.05) is 0 Å². The van der Waals surface area contributed by atoms with Crippen LogP contribution in [0.1, 0.15) is 47.0 Å². The van der Waals surface area contributed by atoms with Crippen molar-refractivity contribution in [3.63, 3.8) is 0 Å². The van der Waals surface area contributed by atoms with E-state index in [0.717, 1.165) is 0 Å². The molecule has 0 aromatic carbocycles. The average molecular weight is 163 g/mol. The van der Waals surface area contributed by atoms with Gasteiger partial charge in [-0.2, -0.15) is 0 Å². The number of allylic oxidation sites excluding steroid dienone is 4. The number of hydrogen-bond acceptors (Lipinski definition) is 0. The van der Waals surface area contributed by atoms with Gasteiger partial charge in [0.05, 0.1) is 0 Å². The van der Waals surface area contributed by atoms with Gasteiger partial charge in [0.25, 0.3) is 0 Å². The summed E-state index contributed by atoms with van der Waals surface area (Å²) in [6.07, 6.45) is 9.24. The van der Waals surface area contributed by atoms with E-state index in [1.807, 2.05) is 6.92 Å². The van der Waals surface area contributed by atoms with Crippen molar-refractivity contribution in [1.82, 2.24) is 0 Å². The van der Waals surface area contributed by atoms with Crippen molar-refractivity contribution in [2.45, 2.75) is 47.0 Å². The van der Waals surface area contributed by atoms with Gasteiger partial charge in [-0.05, 0) is 50.2 Å². The third kappa shape index (κ3) is 1.80. The van der Waals surface area contributed by atoms with Gasteiger partial charge in [0.15, 0.2) is 0 Å². The standard InChI is InChI=1S/C12H19/c1-5-7-11-10(2)8-6-9-12(11,3)4/h7H,6,8-9H2,1-4H3. The molecule has 67 valence electrons. The summed E-state index contributed by atoms with van der Waals surface area (Å²) in [5.41, 5.74) is 3.45. The molecule has 0 saturated carbocycles. The smallest absolute Gasteiger partial charge is 0.0104 e. The van der Waals surface area contributed by atoms with Gasteiger partial charge in [-0.3, -0.25) is 0 Å². The van der Waals surface area contributed by atoms with Crippen LogP contribution in [0.4, 0.5) is 0 Å². The van der Waals surface area contributed by atoms with Gasteiger partial charge >= 0.3 is 0 Å². The van der Waals surface area contributed by atoms with Crippen molar-refractivity contribution in [2.24, 2.45) is 5.41 Å². The molecule has 1 radical (unpaired) electrons. The molecule has 0 fully saturated rings. The largest absolute Gasteiger partial charge is 0.0696 e. The summed E-state index contributed by atoms with van der Waals surface area (Å²) < 4.78 is 0. The van der Waals surface area contributed by atoms with Gasteiger partial charge in [-0.1, -0.05) is 25.5 Å². The van der Waals surface area contributed by atoms with Gasteiger partial charge in [0.1, 0.15) is 0 Å². The van der Waals surface area contributed by atoms with Crippen LogP contribution in [-0.2, 0) is 0 Å². The molecule has 0 aromatic rings. The van der Waals surface area contributed by atoms with E-state index >= 15 is 0 Å². The topological polar surface area (TPSA) is 0 Å². The lowest BCUT2D eigenvalue weighted by Gasteiger charge is -2.32. The highest BCUT2D eigenvalue weighted by Crippen LogP contribution is 2.40. The highest BCUT2D eigenvalue weighted by atomic mass is 14.3. The van der Waals surface area contributed by atoms with E-state index in [1.54, 1.807) is 5.57 Å². The lowest BCUT2D eigenvalue weighted by Crippen LogP contribution is -2.18. The number of hydrogen-bond donors (Lipinski definition) is 0. The Morgan fingerprint density at radius 1 is 1.42 bits per heavy atom. The zero-order valence-corrected chi connectivity index (χ0v) is 8.70. The highest BCUT2D eigenvalue weighted by Gasteiger charge is 2.26. The first-order valence-corrected chi connectivity index (χ1v) is 4.78. The van der Waals surface area contributed by atoms with Crippen molar-refractivity contribution in [3.05, 3.63) is 23.3 Å². The van der Waals surface area contributed by atoms with E-state index in [9.17, 15) is 0 Å². The van der Waals surface area contributed by atoms with Crippen LogP contribution >= 0.6 is 0 Å². The van der Waals surface area contributed by atoms with Gasteiger partial charge < -0.3 is 0 Å². The third-order valence-electron chi connectivity index (χ3n) is 2.83. The summed E-state index contributed by atoms with van der Waals surface area (Å²) in [5.74, 6) is 0. The van der Waals surface area contributed by atoms with E-state index in [0.29, 0.717) is 5.41 Å². The van der Waals surface area contributed by atoms with E-state index in [4.69, 9.17) is 0 Å². The molecule has 0 N–H and O–H groups in total. The number of rotatable bonds is 1. The molecule has 0 heterocycles. The molecule has 0 aliphatic heterocycles. The predicted molar refractivity (Wildman–Crippen MR) is 53.8 cm³/mol. The summed E-state index contributed by atoms with van der Waals surface area (Å²) in [6.45, 7) is 8.90. The fourth-order valence-electron chi connectivity index (χ4n) is 2.11. The molecule has 1 aliphatic rings. The molecule has 0 saturated heterocycles. The maximum absolute atomic E-state index is 3.14. The summed E-state index contributed by atoms with van der Waals surface area (Å²) in [6, 6.07) is 0. The molecule has 0 spiro atoms. The van der Waals surface area contributed by atoms with Crippen LogP contribution in [0.2, 0.25) is 0 Å². The molecule has 12 heavy (non-hydrogen) atoms. The Labute approximate surface area is 76.4 Å². The molecule has 0 aromatic heterocycles. The van der Waals surface area contributed by atoms with Gasteiger partial charge in [0.2, 0.25) is 0 Å². The van der Waals surface area contributed by atoms with Gasteiger partial charge in [-0.25, -0.2) is 0 Å². The quantitative estimate of drug-likeness (QED) is 0.550. The maximum Gasteiger partial charge on any atom is -0.0104 e. The first kappa shape index (κ1) is 9.57. The van der Waals surface area contributed by atoms with Crippen LogP contribution in [0.5, 0.6) is 0 Å². The van der Waals surface area contributed by atoms with Crippen LogP contribution in [0.25, 0.3) is 0 Å². The Morgan fingerprint density at radius 2 is 2.08 bits per heavy atom. The summed E-state index contributed by atoms with van der Waals surface area (Å²) in [5, 5.41) is 0. The van der Waals surface area contributed by atoms with Crippen molar-refractivity contribution in [3.8, 4) is 0 Å². The van der Waals surface area contributed by atoms with Crippen LogP contribution in [0.3, 0.4) is 0 Å². The zero-order valence-electron chi connectivity index (χ0n) is 8.70. The van der Waals surface area contributed by atoms with E-state index in [1.165, 1.54) is 24.8 Å². The molecule has 1 rings (SSSR count). The third-order valence-corrected chi connectivity index (χ3v) is 2.83. The van der Waals surface area contributed by atoms with E-state index in [2.05, 4.69) is 32.9 Å². The molecule has 0 amide bonds. The Kier molecular flexibility index (Phi) is 2.76. The first-order valence-electron chi connectivity index (χ1n) is 4.78. The lowest BCUT2D eigenvalue weighted by molar-refractivity contribution is 0.376. The van der Waals surface area contributed by atoms with Crippen molar-refractivity contribution in [1.29, 1.82) is 0 Å². The first-order chi connectivity index (χ1) is 5.58. The SMILES string of the molecule is C/[C]=C/C1=C(C)CCCC1(C)C. The lowest BCUT2D eigenvalue weighted by atomic mass is 9.73. The predicted octanol–water partition coefficient (Wildman–Crippen LogP) is 3.89. The molecule has 1 aliphatic carbocycles. The molecule has 0 unspecified atom stereocenters. The fraction of sp³-hybridized carbons (Fsp3) is 0.667. The van der Waals surface area contributed by atoms with Crippen LogP contribution in [0, 0.1) is 11.5 Å². The monoisotopic (exact) mass is 163 g/mol. The van der Waals surface area contributed by atoms with Crippen molar-refractivity contribution < 1.29 is 0 Å². The summed E-state index contributed by atoms with van der Waals surface area (Å²) >= 11 is 0. The molecular weight excluding hydrogens is 144 g/mol. The normalized spacial score (nSPS) is 23.7. The maximum atomic E-state index is 3.14. The minimum absolute atomic E-state index is 0.380. The molecule has 0 heteroatoms. The van der Waals surface area contributed by atoms with Gasteiger partial charge in [-0.15, -0.1) is 0 Å². The zero-order chi connectivity index (χ0) is 9.19. The fourth-order valence-corrected chi connectivity index (χ4v) is 2.11. The average Bonchev–Trinajstić information content (AvgIpc) is 1.97. The van der Waals surface area contributed by atoms with Crippen LogP contribution in [0.15, 0.2) is 17.2 Å². The Morgan fingerprint density at radius 3 is 2.58 bits per heavy atom. The Balaban J connectivity index is 3.00. The van der Waals surface area contributed by atoms with E-state index in [-0.39, 0.29) is 0 Å². The Hall–Kier alpha value is -0.520. The van der Waals surface area contributed by atoms with Crippen LogP contribution in [-0.4, -0.2) is 0 Å². The van der Waals surface area contributed by atoms with E-state index < -0.39 is 0 Å². The highest BCUT2D eigenvalue weighted by molar-refractivity contribution is 5.31. The minimum atomic E-state index is 0.380. The molecular formula is C12H19. The Bertz CT molecular complexity index is 216. The minimum Gasteiger partial charge on any atom is -0.0696 e. The summed E-state index contributed by atoms with van der Waals surface area (Å²) in [4.78, 5) is 0. The second kappa shape index (κ2) is 3.47. The molecule has 0 atom stereocenters.